The van der Waals surface area contributed by atoms with E-state index in [1.54, 1.807) is 0 Å². The van der Waals surface area contributed by atoms with Gasteiger partial charge in [0.2, 0.25) is 0 Å². The second-order valence-electron chi connectivity index (χ2n) is 8.83. The number of hydrogen-bond acceptors (Lipinski definition) is 0. The number of halogens is 1. The second kappa shape index (κ2) is 22.7. The third-order valence-electron chi connectivity index (χ3n) is 6.19. The SMILES string of the molecule is CCCCCCC[N+](CCCCCC)(CCCCCC)CCCCCC.[Br-]. The summed E-state index contributed by atoms with van der Waals surface area (Å²) in [7, 11) is 0. The van der Waals surface area contributed by atoms with Crippen LogP contribution in [0.4, 0.5) is 0 Å². The molecule has 0 aromatic rings. The Morgan fingerprint density at radius 1 is 0.333 bits per heavy atom. The number of hydrogen-bond donors (Lipinski definition) is 0. The molecule has 0 radical (unpaired) electrons. The average molecular weight is 449 g/mol. The summed E-state index contributed by atoms with van der Waals surface area (Å²) in [4.78, 5) is 0. The summed E-state index contributed by atoms with van der Waals surface area (Å²) in [6.45, 7) is 15.2. The topological polar surface area (TPSA) is 0 Å². The van der Waals surface area contributed by atoms with E-state index < -0.39 is 0 Å². The van der Waals surface area contributed by atoms with Crippen LogP contribution in [0.15, 0.2) is 0 Å². The third kappa shape index (κ3) is 18.2. The van der Waals surface area contributed by atoms with Crippen LogP contribution in [0.25, 0.3) is 0 Å². The number of unbranched alkanes of at least 4 members (excludes halogenated alkanes) is 13. The second-order valence-corrected chi connectivity index (χ2v) is 8.83. The molecule has 0 atom stereocenters. The van der Waals surface area contributed by atoms with E-state index in [1.807, 2.05) is 0 Å². The monoisotopic (exact) mass is 447 g/mol. The molecule has 0 aliphatic heterocycles. The van der Waals surface area contributed by atoms with E-state index >= 15 is 0 Å². The van der Waals surface area contributed by atoms with Crippen molar-refractivity contribution in [1.29, 1.82) is 0 Å². The van der Waals surface area contributed by atoms with Gasteiger partial charge in [-0.3, -0.25) is 0 Å². The van der Waals surface area contributed by atoms with Crippen LogP contribution in [0.2, 0.25) is 0 Å². The maximum Gasteiger partial charge on any atom is 0.0786 e. The Morgan fingerprint density at radius 2 is 0.556 bits per heavy atom. The van der Waals surface area contributed by atoms with Gasteiger partial charge in [-0.1, -0.05) is 85.5 Å². The van der Waals surface area contributed by atoms with Crippen molar-refractivity contribution in [1.82, 2.24) is 0 Å². The Morgan fingerprint density at radius 3 is 0.815 bits per heavy atom. The first-order chi connectivity index (χ1) is 12.7. The molecule has 0 aliphatic carbocycles. The van der Waals surface area contributed by atoms with Gasteiger partial charge in [0.05, 0.1) is 26.2 Å². The Hall–Kier alpha value is 0.440. The van der Waals surface area contributed by atoms with Gasteiger partial charge in [0.25, 0.3) is 0 Å². The van der Waals surface area contributed by atoms with E-state index in [2.05, 4.69) is 27.7 Å². The molecule has 0 amide bonds. The summed E-state index contributed by atoms with van der Waals surface area (Å²) >= 11 is 0. The molecule has 166 valence electrons. The summed E-state index contributed by atoms with van der Waals surface area (Å²) in [5.74, 6) is 0. The van der Waals surface area contributed by atoms with Gasteiger partial charge in [0.1, 0.15) is 0 Å². The van der Waals surface area contributed by atoms with Crippen molar-refractivity contribution in [3.8, 4) is 0 Å². The van der Waals surface area contributed by atoms with E-state index in [-0.39, 0.29) is 17.0 Å². The van der Waals surface area contributed by atoms with Crippen molar-refractivity contribution in [3.05, 3.63) is 0 Å². The quantitative estimate of drug-likeness (QED) is 0.160. The molecular formula is C25H54BrN. The maximum absolute atomic E-state index is 2.34. The van der Waals surface area contributed by atoms with Gasteiger partial charge in [-0.25, -0.2) is 0 Å². The van der Waals surface area contributed by atoms with E-state index in [9.17, 15) is 0 Å². The zero-order valence-corrected chi connectivity index (χ0v) is 21.3. The zero-order valence-electron chi connectivity index (χ0n) is 19.7. The van der Waals surface area contributed by atoms with E-state index in [4.69, 9.17) is 0 Å². The van der Waals surface area contributed by atoms with Crippen LogP contribution in [0.3, 0.4) is 0 Å². The van der Waals surface area contributed by atoms with Crippen molar-refractivity contribution in [2.75, 3.05) is 26.2 Å². The lowest BCUT2D eigenvalue weighted by molar-refractivity contribution is -0.929. The van der Waals surface area contributed by atoms with Gasteiger partial charge in [0, 0.05) is 0 Å². The van der Waals surface area contributed by atoms with E-state index in [1.165, 1.54) is 140 Å². The Bertz CT molecular complexity index is 236. The minimum Gasteiger partial charge on any atom is -1.00 e. The molecule has 0 spiro atoms. The summed E-state index contributed by atoms with van der Waals surface area (Å²) < 4.78 is 1.46. The van der Waals surface area contributed by atoms with Crippen molar-refractivity contribution < 1.29 is 21.5 Å². The van der Waals surface area contributed by atoms with Gasteiger partial charge >= 0.3 is 0 Å². The predicted molar refractivity (Wildman–Crippen MR) is 121 cm³/mol. The Kier molecular flexibility index (Phi) is 24.9. The summed E-state index contributed by atoms with van der Waals surface area (Å²) in [6, 6.07) is 0. The smallest absolute Gasteiger partial charge is 0.0786 e. The maximum atomic E-state index is 2.34. The van der Waals surface area contributed by atoms with Crippen LogP contribution in [-0.4, -0.2) is 30.7 Å². The highest BCUT2D eigenvalue weighted by molar-refractivity contribution is 4.53. The van der Waals surface area contributed by atoms with Gasteiger partial charge in [-0.2, -0.15) is 0 Å². The summed E-state index contributed by atoms with van der Waals surface area (Å²) in [5.41, 5.74) is 0. The molecule has 0 bridgehead atoms. The Balaban J connectivity index is 0. The van der Waals surface area contributed by atoms with Crippen LogP contribution < -0.4 is 17.0 Å². The van der Waals surface area contributed by atoms with Crippen LogP contribution in [-0.2, 0) is 0 Å². The first-order valence-corrected chi connectivity index (χ1v) is 12.6. The lowest BCUT2D eigenvalue weighted by atomic mass is 10.1. The molecule has 0 unspecified atom stereocenters. The fourth-order valence-corrected chi connectivity index (χ4v) is 4.34. The van der Waals surface area contributed by atoms with Gasteiger partial charge < -0.3 is 21.5 Å². The largest absolute Gasteiger partial charge is 1.00 e. The fraction of sp³-hybridized carbons (Fsp3) is 1.00. The molecule has 0 saturated carbocycles. The van der Waals surface area contributed by atoms with Crippen molar-refractivity contribution >= 4 is 0 Å². The van der Waals surface area contributed by atoms with Crippen molar-refractivity contribution in [3.63, 3.8) is 0 Å². The normalized spacial score (nSPS) is 11.6. The molecule has 0 aromatic heterocycles. The van der Waals surface area contributed by atoms with Gasteiger partial charge in [-0.05, 0) is 51.4 Å². The average Bonchev–Trinajstić information content (AvgIpc) is 2.65. The number of quaternary nitrogens is 1. The summed E-state index contributed by atoms with van der Waals surface area (Å²) in [5, 5.41) is 0. The first kappa shape index (κ1) is 29.6. The lowest BCUT2D eigenvalue weighted by Gasteiger charge is -2.39. The standard InChI is InChI=1S/C25H54N.BrH/c1-5-9-13-17-21-25-26(22-18-14-10-6-2,23-19-15-11-7-3)24-20-16-12-8-4;/h5-25H2,1-4H3;1H/q+1;/p-1. The highest BCUT2D eigenvalue weighted by Crippen LogP contribution is 2.19. The molecule has 2 heteroatoms. The zero-order chi connectivity index (χ0) is 19.3. The summed E-state index contributed by atoms with van der Waals surface area (Å²) in [6.07, 6.45) is 24.3. The molecule has 0 fully saturated rings. The van der Waals surface area contributed by atoms with E-state index in [0.29, 0.717) is 0 Å². The number of nitrogens with zero attached hydrogens (tertiary/aromatic N) is 1. The van der Waals surface area contributed by atoms with Gasteiger partial charge in [-0.15, -0.1) is 0 Å². The molecule has 27 heavy (non-hydrogen) atoms. The van der Waals surface area contributed by atoms with Crippen LogP contribution >= 0.6 is 0 Å². The van der Waals surface area contributed by atoms with Crippen LogP contribution in [0.1, 0.15) is 137 Å². The molecule has 0 aromatic carbocycles. The van der Waals surface area contributed by atoms with E-state index in [0.717, 1.165) is 0 Å². The highest BCUT2D eigenvalue weighted by atomic mass is 79.9. The minimum absolute atomic E-state index is 0. The highest BCUT2D eigenvalue weighted by Gasteiger charge is 2.25. The molecule has 0 heterocycles. The minimum atomic E-state index is 0. The van der Waals surface area contributed by atoms with Gasteiger partial charge in [0.15, 0.2) is 0 Å². The molecule has 0 saturated heterocycles. The molecule has 0 aliphatic rings. The predicted octanol–water partition coefficient (Wildman–Crippen LogP) is 5.52. The fourth-order valence-electron chi connectivity index (χ4n) is 4.34. The van der Waals surface area contributed by atoms with Crippen molar-refractivity contribution in [2.24, 2.45) is 0 Å². The van der Waals surface area contributed by atoms with Crippen LogP contribution in [0.5, 0.6) is 0 Å². The number of rotatable bonds is 21. The first-order valence-electron chi connectivity index (χ1n) is 12.6. The third-order valence-corrected chi connectivity index (χ3v) is 6.19. The van der Waals surface area contributed by atoms with Crippen molar-refractivity contribution in [2.45, 2.75) is 137 Å². The van der Waals surface area contributed by atoms with Crippen LogP contribution in [0, 0.1) is 0 Å². The Labute approximate surface area is 184 Å². The lowest BCUT2D eigenvalue weighted by Crippen LogP contribution is -3.00. The molecular weight excluding hydrogens is 394 g/mol. The molecule has 1 nitrogen and oxygen atoms in total. The molecule has 0 rings (SSSR count). The molecule has 0 N–H and O–H groups in total.